The monoisotopic (exact) mass is 258 g/mol. The number of rotatable bonds is 4. The number of carbonyl (C=O) groups is 1. The zero-order chi connectivity index (χ0) is 13.7. The minimum atomic E-state index is -0.407. The van der Waals surface area contributed by atoms with Crippen LogP contribution in [0.15, 0.2) is 42.6 Å². The van der Waals surface area contributed by atoms with E-state index >= 15 is 0 Å². The summed E-state index contributed by atoms with van der Waals surface area (Å²) in [6.45, 7) is 2.43. The van der Waals surface area contributed by atoms with E-state index in [0.29, 0.717) is 18.5 Å². The van der Waals surface area contributed by atoms with Crippen LogP contribution in [0.1, 0.15) is 21.6 Å². The molecule has 0 saturated carbocycles. The van der Waals surface area contributed by atoms with Gasteiger partial charge in [0.2, 0.25) is 0 Å². The molecule has 0 saturated heterocycles. The summed E-state index contributed by atoms with van der Waals surface area (Å²) in [6.07, 6.45) is 2.50. The summed E-state index contributed by atoms with van der Waals surface area (Å²) in [5.41, 5.74) is 2.36. The SMILES string of the molecule is Cc1ccc(CCNC(=O)c2cccc(F)c2)cn1. The van der Waals surface area contributed by atoms with Crippen LogP contribution in [0.5, 0.6) is 0 Å². The average Bonchev–Trinajstić information content (AvgIpc) is 2.41. The van der Waals surface area contributed by atoms with Crippen LogP contribution in [-0.4, -0.2) is 17.4 Å². The van der Waals surface area contributed by atoms with Crippen molar-refractivity contribution in [2.75, 3.05) is 6.54 Å². The van der Waals surface area contributed by atoms with Gasteiger partial charge in [0.1, 0.15) is 5.82 Å². The highest BCUT2D eigenvalue weighted by Crippen LogP contribution is 2.03. The summed E-state index contributed by atoms with van der Waals surface area (Å²) in [4.78, 5) is 15.9. The molecule has 1 N–H and O–H groups in total. The Bertz CT molecular complexity index is 567. The van der Waals surface area contributed by atoms with E-state index < -0.39 is 5.82 Å². The van der Waals surface area contributed by atoms with Crippen LogP contribution in [0.25, 0.3) is 0 Å². The molecule has 4 heteroatoms. The molecule has 0 unspecified atom stereocenters. The van der Waals surface area contributed by atoms with Gasteiger partial charge in [-0.3, -0.25) is 9.78 Å². The molecule has 2 rings (SSSR count). The van der Waals surface area contributed by atoms with Gasteiger partial charge in [0.15, 0.2) is 0 Å². The van der Waals surface area contributed by atoms with E-state index in [4.69, 9.17) is 0 Å². The predicted octanol–water partition coefficient (Wildman–Crippen LogP) is 2.50. The van der Waals surface area contributed by atoms with Gasteiger partial charge in [-0.2, -0.15) is 0 Å². The average molecular weight is 258 g/mol. The molecule has 1 heterocycles. The first-order valence-electron chi connectivity index (χ1n) is 6.10. The fourth-order valence-electron chi connectivity index (χ4n) is 1.70. The maximum Gasteiger partial charge on any atom is 0.251 e. The number of carbonyl (C=O) groups excluding carboxylic acids is 1. The molecule has 0 fully saturated rings. The van der Waals surface area contributed by atoms with Crippen LogP contribution in [0.3, 0.4) is 0 Å². The second-order valence-corrected chi connectivity index (χ2v) is 4.32. The molecular formula is C15H15FN2O. The summed E-state index contributed by atoms with van der Waals surface area (Å²) in [6, 6.07) is 9.57. The highest BCUT2D eigenvalue weighted by Gasteiger charge is 2.05. The van der Waals surface area contributed by atoms with Gasteiger partial charge in [0.25, 0.3) is 5.91 Å². The Hall–Kier alpha value is -2.23. The lowest BCUT2D eigenvalue weighted by atomic mass is 10.2. The third-order valence-corrected chi connectivity index (χ3v) is 2.76. The van der Waals surface area contributed by atoms with Crippen LogP contribution in [0.4, 0.5) is 4.39 Å². The van der Waals surface area contributed by atoms with Gasteiger partial charge >= 0.3 is 0 Å². The van der Waals surface area contributed by atoms with Crippen molar-refractivity contribution in [3.63, 3.8) is 0 Å². The molecule has 0 bridgehead atoms. The fraction of sp³-hybridized carbons (Fsp3) is 0.200. The lowest BCUT2D eigenvalue weighted by Gasteiger charge is -2.05. The number of amides is 1. The first-order chi connectivity index (χ1) is 9.15. The first kappa shape index (κ1) is 13.2. The standard InChI is InChI=1S/C15H15FN2O/c1-11-5-6-12(10-18-11)7-8-17-15(19)13-3-2-4-14(16)9-13/h2-6,9-10H,7-8H2,1H3,(H,17,19). The number of hydrogen-bond donors (Lipinski definition) is 1. The van der Waals surface area contributed by atoms with Crippen LogP contribution in [0, 0.1) is 12.7 Å². The molecule has 0 aliphatic heterocycles. The number of benzene rings is 1. The molecule has 19 heavy (non-hydrogen) atoms. The third-order valence-electron chi connectivity index (χ3n) is 2.76. The van der Waals surface area contributed by atoms with Crippen molar-refractivity contribution in [3.05, 3.63) is 65.2 Å². The summed E-state index contributed by atoms with van der Waals surface area (Å²) in [7, 11) is 0. The molecule has 0 radical (unpaired) electrons. The van der Waals surface area contributed by atoms with Crippen molar-refractivity contribution in [3.8, 4) is 0 Å². The maximum absolute atomic E-state index is 13.0. The van der Waals surface area contributed by atoms with E-state index in [1.54, 1.807) is 12.3 Å². The predicted molar refractivity (Wildman–Crippen MR) is 71.4 cm³/mol. The Balaban J connectivity index is 1.86. The van der Waals surface area contributed by atoms with Crippen molar-refractivity contribution in [2.24, 2.45) is 0 Å². The number of pyridine rings is 1. The number of halogens is 1. The van der Waals surface area contributed by atoms with Crippen LogP contribution >= 0.6 is 0 Å². The molecule has 0 atom stereocenters. The van der Waals surface area contributed by atoms with Crippen molar-refractivity contribution < 1.29 is 9.18 Å². The Morgan fingerprint density at radius 1 is 1.32 bits per heavy atom. The van der Waals surface area contributed by atoms with Crippen LogP contribution in [0.2, 0.25) is 0 Å². The van der Waals surface area contributed by atoms with E-state index in [1.807, 2.05) is 19.1 Å². The highest BCUT2D eigenvalue weighted by atomic mass is 19.1. The van der Waals surface area contributed by atoms with E-state index in [-0.39, 0.29) is 5.91 Å². The van der Waals surface area contributed by atoms with Gasteiger partial charge in [-0.1, -0.05) is 12.1 Å². The minimum absolute atomic E-state index is 0.264. The second kappa shape index (κ2) is 6.09. The van der Waals surface area contributed by atoms with E-state index in [0.717, 1.165) is 11.3 Å². The molecule has 0 spiro atoms. The molecule has 1 amide bonds. The molecule has 1 aromatic carbocycles. The fourth-order valence-corrected chi connectivity index (χ4v) is 1.70. The van der Waals surface area contributed by atoms with Gasteiger partial charge in [-0.15, -0.1) is 0 Å². The lowest BCUT2D eigenvalue weighted by Crippen LogP contribution is -2.25. The third kappa shape index (κ3) is 3.88. The van der Waals surface area contributed by atoms with Crippen molar-refractivity contribution in [2.45, 2.75) is 13.3 Å². The summed E-state index contributed by atoms with van der Waals surface area (Å²) in [5.74, 6) is -0.671. The first-order valence-corrected chi connectivity index (χ1v) is 6.10. The molecular weight excluding hydrogens is 243 g/mol. The lowest BCUT2D eigenvalue weighted by molar-refractivity contribution is 0.0953. The van der Waals surface area contributed by atoms with Gasteiger partial charge in [-0.05, 0) is 43.2 Å². The van der Waals surface area contributed by atoms with Crippen molar-refractivity contribution in [1.29, 1.82) is 0 Å². The van der Waals surface area contributed by atoms with E-state index in [9.17, 15) is 9.18 Å². The molecule has 3 nitrogen and oxygen atoms in total. The van der Waals surface area contributed by atoms with Gasteiger partial charge < -0.3 is 5.32 Å². The Labute approximate surface area is 111 Å². The zero-order valence-electron chi connectivity index (χ0n) is 10.7. The quantitative estimate of drug-likeness (QED) is 0.915. The Morgan fingerprint density at radius 3 is 2.84 bits per heavy atom. The number of aromatic nitrogens is 1. The van der Waals surface area contributed by atoms with Crippen molar-refractivity contribution in [1.82, 2.24) is 10.3 Å². The smallest absolute Gasteiger partial charge is 0.251 e. The van der Waals surface area contributed by atoms with E-state index in [2.05, 4.69) is 10.3 Å². The highest BCUT2D eigenvalue weighted by molar-refractivity contribution is 5.94. The zero-order valence-corrected chi connectivity index (χ0v) is 10.7. The topological polar surface area (TPSA) is 42.0 Å². The second-order valence-electron chi connectivity index (χ2n) is 4.32. The van der Waals surface area contributed by atoms with Gasteiger partial charge in [0.05, 0.1) is 0 Å². The largest absolute Gasteiger partial charge is 0.352 e. The van der Waals surface area contributed by atoms with Crippen LogP contribution in [-0.2, 0) is 6.42 Å². The molecule has 98 valence electrons. The molecule has 0 aliphatic carbocycles. The molecule has 1 aromatic heterocycles. The number of aryl methyl sites for hydroxylation is 1. The minimum Gasteiger partial charge on any atom is -0.352 e. The van der Waals surface area contributed by atoms with Crippen molar-refractivity contribution >= 4 is 5.91 Å². The molecule has 0 aliphatic rings. The van der Waals surface area contributed by atoms with Gasteiger partial charge in [0, 0.05) is 24.0 Å². The number of nitrogens with one attached hydrogen (secondary N) is 1. The van der Waals surface area contributed by atoms with Crippen LogP contribution < -0.4 is 5.32 Å². The summed E-state index contributed by atoms with van der Waals surface area (Å²) in [5, 5.41) is 2.76. The summed E-state index contributed by atoms with van der Waals surface area (Å²) < 4.78 is 13.0. The maximum atomic E-state index is 13.0. The summed E-state index contributed by atoms with van der Waals surface area (Å²) >= 11 is 0. The molecule has 2 aromatic rings. The Kier molecular flexibility index (Phi) is 4.23. The number of hydrogen-bond acceptors (Lipinski definition) is 2. The van der Waals surface area contributed by atoms with E-state index in [1.165, 1.54) is 18.2 Å². The number of nitrogens with zero attached hydrogens (tertiary/aromatic N) is 1. The Morgan fingerprint density at radius 2 is 2.16 bits per heavy atom. The van der Waals surface area contributed by atoms with Gasteiger partial charge in [-0.25, -0.2) is 4.39 Å². The normalized spacial score (nSPS) is 10.2.